The highest BCUT2D eigenvalue weighted by Crippen LogP contribution is 2.24. The molecule has 1 rings (SSSR count). The molecule has 1 heterocycles. The van der Waals surface area contributed by atoms with Crippen molar-refractivity contribution in [2.75, 3.05) is 26.9 Å². The van der Waals surface area contributed by atoms with Crippen molar-refractivity contribution < 1.29 is 9.47 Å². The predicted octanol–water partition coefficient (Wildman–Crippen LogP) is 1.82. The van der Waals surface area contributed by atoms with E-state index in [-0.39, 0.29) is 0 Å². The number of hydrogen-bond donors (Lipinski definition) is 0. The van der Waals surface area contributed by atoms with Gasteiger partial charge < -0.3 is 9.47 Å². The average molecular weight is 223 g/mol. The summed E-state index contributed by atoms with van der Waals surface area (Å²) >= 11 is 3.65. The second kappa shape index (κ2) is 5.12. The summed E-state index contributed by atoms with van der Waals surface area (Å²) in [6, 6.07) is 0. The van der Waals surface area contributed by atoms with Gasteiger partial charge >= 0.3 is 0 Å². The van der Waals surface area contributed by atoms with Gasteiger partial charge in [-0.25, -0.2) is 0 Å². The lowest BCUT2D eigenvalue weighted by molar-refractivity contribution is 0.0458. The Morgan fingerprint density at radius 3 is 3.09 bits per heavy atom. The molecule has 3 heteroatoms. The number of rotatable bonds is 3. The van der Waals surface area contributed by atoms with Crippen molar-refractivity contribution in [1.82, 2.24) is 0 Å². The number of alkyl halides is 1. The Morgan fingerprint density at radius 2 is 2.45 bits per heavy atom. The monoisotopic (exact) mass is 222 g/mol. The first-order valence-corrected chi connectivity index (χ1v) is 4.97. The van der Waals surface area contributed by atoms with E-state index >= 15 is 0 Å². The van der Waals surface area contributed by atoms with Gasteiger partial charge in [0.15, 0.2) is 0 Å². The summed E-state index contributed by atoms with van der Waals surface area (Å²) in [7, 11) is 1.74. The third-order valence-electron chi connectivity index (χ3n) is 2.07. The fourth-order valence-corrected chi connectivity index (χ4v) is 1.91. The summed E-state index contributed by atoms with van der Waals surface area (Å²) < 4.78 is 10.4. The van der Waals surface area contributed by atoms with Gasteiger partial charge in [0, 0.05) is 25.2 Å². The molecule has 0 radical (unpaired) electrons. The number of hydrogen-bond acceptors (Lipinski definition) is 2. The first kappa shape index (κ1) is 9.49. The molecule has 0 N–H and O–H groups in total. The molecule has 11 heavy (non-hydrogen) atoms. The molecule has 0 aliphatic carbocycles. The van der Waals surface area contributed by atoms with Gasteiger partial charge in [-0.15, -0.1) is 0 Å². The van der Waals surface area contributed by atoms with Crippen LogP contribution in [-0.2, 0) is 9.47 Å². The van der Waals surface area contributed by atoms with Crippen molar-refractivity contribution >= 4 is 15.9 Å². The Balaban J connectivity index is 2.18. The van der Waals surface area contributed by atoms with Gasteiger partial charge in [0.1, 0.15) is 0 Å². The van der Waals surface area contributed by atoms with E-state index in [9.17, 15) is 0 Å². The van der Waals surface area contributed by atoms with E-state index in [0.717, 1.165) is 32.7 Å². The molecule has 0 spiro atoms. The zero-order chi connectivity index (χ0) is 8.10. The SMILES string of the molecule is COCCC1COCCC1Br. The summed E-state index contributed by atoms with van der Waals surface area (Å²) in [5.41, 5.74) is 0. The molecular formula is C8H15BrO2. The lowest BCUT2D eigenvalue weighted by Crippen LogP contribution is -2.28. The lowest BCUT2D eigenvalue weighted by atomic mass is 9.99. The zero-order valence-corrected chi connectivity index (χ0v) is 8.47. The van der Waals surface area contributed by atoms with E-state index in [4.69, 9.17) is 9.47 Å². The van der Waals surface area contributed by atoms with Crippen LogP contribution >= 0.6 is 15.9 Å². The third kappa shape index (κ3) is 3.09. The van der Waals surface area contributed by atoms with Crippen LogP contribution in [0.1, 0.15) is 12.8 Å². The quantitative estimate of drug-likeness (QED) is 0.679. The Kier molecular flexibility index (Phi) is 4.41. The Hall–Kier alpha value is 0.400. The largest absolute Gasteiger partial charge is 0.385 e. The smallest absolute Gasteiger partial charge is 0.0505 e. The highest BCUT2D eigenvalue weighted by molar-refractivity contribution is 9.09. The van der Waals surface area contributed by atoms with Gasteiger partial charge in [-0.05, 0) is 18.8 Å². The van der Waals surface area contributed by atoms with Gasteiger partial charge in [0.2, 0.25) is 0 Å². The topological polar surface area (TPSA) is 18.5 Å². The molecule has 0 bridgehead atoms. The van der Waals surface area contributed by atoms with Crippen molar-refractivity contribution in [1.29, 1.82) is 0 Å². The van der Waals surface area contributed by atoms with Crippen LogP contribution in [0.15, 0.2) is 0 Å². The van der Waals surface area contributed by atoms with E-state index in [1.165, 1.54) is 0 Å². The van der Waals surface area contributed by atoms with Gasteiger partial charge in [-0.3, -0.25) is 0 Å². The minimum absolute atomic E-state index is 0.631. The fraction of sp³-hybridized carbons (Fsp3) is 1.00. The summed E-state index contributed by atoms with van der Waals surface area (Å²) in [4.78, 5) is 0.631. The molecule has 2 unspecified atom stereocenters. The molecule has 0 amide bonds. The minimum atomic E-state index is 0.631. The van der Waals surface area contributed by atoms with Gasteiger partial charge in [-0.2, -0.15) is 0 Å². The van der Waals surface area contributed by atoms with Crippen LogP contribution in [0.2, 0.25) is 0 Å². The number of halogens is 1. The van der Waals surface area contributed by atoms with Crippen LogP contribution in [-0.4, -0.2) is 31.8 Å². The first-order chi connectivity index (χ1) is 5.34. The second-order valence-electron chi connectivity index (χ2n) is 2.92. The number of methoxy groups -OCH3 is 1. The van der Waals surface area contributed by atoms with Crippen LogP contribution in [0.3, 0.4) is 0 Å². The van der Waals surface area contributed by atoms with Gasteiger partial charge in [0.05, 0.1) is 6.61 Å². The van der Waals surface area contributed by atoms with Crippen LogP contribution in [0.5, 0.6) is 0 Å². The standard InChI is InChI=1S/C8H15BrO2/c1-10-4-2-7-6-11-5-3-8(7)9/h7-8H,2-6H2,1H3. The second-order valence-corrected chi connectivity index (χ2v) is 4.10. The number of ether oxygens (including phenoxy) is 2. The van der Waals surface area contributed by atoms with Gasteiger partial charge in [-0.1, -0.05) is 15.9 Å². The Labute approximate surface area is 76.4 Å². The van der Waals surface area contributed by atoms with Crippen LogP contribution in [0, 0.1) is 5.92 Å². The van der Waals surface area contributed by atoms with Gasteiger partial charge in [0.25, 0.3) is 0 Å². The molecule has 2 nitrogen and oxygen atoms in total. The van der Waals surface area contributed by atoms with E-state index in [1.54, 1.807) is 7.11 Å². The maximum Gasteiger partial charge on any atom is 0.0505 e. The average Bonchev–Trinajstić information content (AvgIpc) is 2.03. The summed E-state index contributed by atoms with van der Waals surface area (Å²) in [6.45, 7) is 2.63. The zero-order valence-electron chi connectivity index (χ0n) is 6.88. The van der Waals surface area contributed by atoms with Crippen molar-refractivity contribution in [3.8, 4) is 0 Å². The summed E-state index contributed by atoms with van der Waals surface area (Å²) in [5.74, 6) is 0.642. The maximum atomic E-state index is 5.36. The van der Waals surface area contributed by atoms with E-state index < -0.39 is 0 Å². The van der Waals surface area contributed by atoms with E-state index in [1.807, 2.05) is 0 Å². The first-order valence-electron chi connectivity index (χ1n) is 4.05. The molecule has 2 atom stereocenters. The molecule has 0 saturated carbocycles. The summed E-state index contributed by atoms with van der Waals surface area (Å²) in [6.07, 6.45) is 2.24. The van der Waals surface area contributed by atoms with E-state index in [2.05, 4.69) is 15.9 Å². The lowest BCUT2D eigenvalue weighted by Gasteiger charge is -2.27. The van der Waals surface area contributed by atoms with Crippen molar-refractivity contribution in [3.63, 3.8) is 0 Å². The molecule has 0 aromatic rings. The molecule has 1 saturated heterocycles. The molecule has 0 aromatic heterocycles. The van der Waals surface area contributed by atoms with Crippen LogP contribution in [0.25, 0.3) is 0 Å². The Bertz CT molecular complexity index is 108. The fourth-order valence-electron chi connectivity index (χ4n) is 1.30. The van der Waals surface area contributed by atoms with E-state index in [0.29, 0.717) is 10.7 Å². The molecular weight excluding hydrogens is 208 g/mol. The summed E-state index contributed by atoms with van der Waals surface area (Å²) in [5, 5.41) is 0. The predicted molar refractivity (Wildman–Crippen MR) is 48.1 cm³/mol. The molecule has 66 valence electrons. The van der Waals surface area contributed by atoms with Crippen molar-refractivity contribution in [2.24, 2.45) is 5.92 Å². The van der Waals surface area contributed by atoms with Crippen LogP contribution < -0.4 is 0 Å². The molecule has 1 fully saturated rings. The Morgan fingerprint density at radius 1 is 1.64 bits per heavy atom. The normalized spacial score (nSPS) is 32.2. The molecule has 1 aliphatic rings. The minimum Gasteiger partial charge on any atom is -0.385 e. The maximum absolute atomic E-state index is 5.36. The highest BCUT2D eigenvalue weighted by atomic mass is 79.9. The van der Waals surface area contributed by atoms with Crippen molar-refractivity contribution in [3.05, 3.63) is 0 Å². The van der Waals surface area contributed by atoms with Crippen molar-refractivity contribution in [2.45, 2.75) is 17.7 Å². The van der Waals surface area contributed by atoms with Crippen LogP contribution in [0.4, 0.5) is 0 Å². The highest BCUT2D eigenvalue weighted by Gasteiger charge is 2.22. The molecule has 1 aliphatic heterocycles. The third-order valence-corrected chi connectivity index (χ3v) is 3.28. The molecule has 0 aromatic carbocycles.